The molecule has 0 atom stereocenters. The minimum absolute atomic E-state index is 0.0273. The first kappa shape index (κ1) is 16.7. The normalized spacial score (nSPS) is 18.9. The van der Waals surface area contributed by atoms with Crippen LogP contribution in [0.3, 0.4) is 0 Å². The summed E-state index contributed by atoms with van der Waals surface area (Å²) >= 11 is 5.75. The van der Waals surface area contributed by atoms with Crippen LogP contribution < -0.4 is 4.72 Å². The average molecular weight is 332 g/mol. The monoisotopic (exact) mass is 331 g/mol. The van der Waals surface area contributed by atoms with Gasteiger partial charge >= 0.3 is 0 Å². The van der Waals surface area contributed by atoms with Gasteiger partial charge in [-0.1, -0.05) is 11.6 Å². The minimum Gasteiger partial charge on any atom is -0.298 e. The van der Waals surface area contributed by atoms with Gasteiger partial charge in [-0.15, -0.1) is 0 Å². The summed E-state index contributed by atoms with van der Waals surface area (Å²) in [6.07, 6.45) is 3.03. The summed E-state index contributed by atoms with van der Waals surface area (Å²) in [4.78, 5) is 6.35. The van der Waals surface area contributed by atoms with Crippen LogP contribution in [0.5, 0.6) is 0 Å². The van der Waals surface area contributed by atoms with Crippen molar-refractivity contribution in [3.05, 3.63) is 23.5 Å². The van der Waals surface area contributed by atoms with E-state index in [1.165, 1.54) is 18.3 Å². The fourth-order valence-electron chi connectivity index (χ4n) is 2.51. The Balaban J connectivity index is 2.00. The summed E-state index contributed by atoms with van der Waals surface area (Å²) in [5.74, 6) is 0. The zero-order chi connectivity index (χ0) is 15.7. The number of pyridine rings is 1. The van der Waals surface area contributed by atoms with Crippen LogP contribution in [-0.4, -0.2) is 43.0 Å². The van der Waals surface area contributed by atoms with Gasteiger partial charge in [0.15, 0.2) is 0 Å². The smallest absolute Gasteiger partial charge is 0.240 e. The van der Waals surface area contributed by atoms with E-state index in [1.807, 2.05) is 0 Å². The van der Waals surface area contributed by atoms with Crippen molar-refractivity contribution >= 4 is 21.6 Å². The Hall–Kier alpha value is -0.690. The number of likely N-dealkylation sites (tertiary alicyclic amines) is 1. The summed E-state index contributed by atoms with van der Waals surface area (Å²) in [7, 11) is -3.53. The number of rotatable bonds is 3. The first-order valence-electron chi connectivity index (χ1n) is 7.07. The summed E-state index contributed by atoms with van der Waals surface area (Å²) in [5.41, 5.74) is 0.127. The second-order valence-corrected chi connectivity index (χ2v) is 8.47. The molecular formula is C14H22ClN3O2S. The Kier molecular flexibility index (Phi) is 4.92. The maximum absolute atomic E-state index is 12.3. The van der Waals surface area contributed by atoms with Crippen LogP contribution in [0.4, 0.5) is 0 Å². The molecule has 2 rings (SSSR count). The largest absolute Gasteiger partial charge is 0.298 e. The van der Waals surface area contributed by atoms with Crippen LogP contribution in [0.2, 0.25) is 5.15 Å². The maximum atomic E-state index is 12.3. The van der Waals surface area contributed by atoms with E-state index in [9.17, 15) is 8.42 Å². The van der Waals surface area contributed by atoms with Crippen molar-refractivity contribution in [2.75, 3.05) is 13.1 Å². The molecule has 1 saturated heterocycles. The number of hydrogen-bond donors (Lipinski definition) is 1. The number of piperidine rings is 1. The number of aromatic nitrogens is 1. The molecule has 0 spiro atoms. The summed E-state index contributed by atoms with van der Waals surface area (Å²) < 4.78 is 27.4. The van der Waals surface area contributed by atoms with Crippen molar-refractivity contribution in [3.8, 4) is 0 Å². The van der Waals surface area contributed by atoms with Gasteiger partial charge < -0.3 is 0 Å². The molecule has 0 aromatic carbocycles. The van der Waals surface area contributed by atoms with E-state index in [0.29, 0.717) is 0 Å². The number of halogens is 1. The van der Waals surface area contributed by atoms with Crippen molar-refractivity contribution in [2.45, 2.75) is 50.1 Å². The zero-order valence-electron chi connectivity index (χ0n) is 12.6. The topological polar surface area (TPSA) is 62.3 Å². The van der Waals surface area contributed by atoms with Crippen LogP contribution in [-0.2, 0) is 10.0 Å². The highest BCUT2D eigenvalue weighted by atomic mass is 35.5. The van der Waals surface area contributed by atoms with Crippen LogP contribution in [0.15, 0.2) is 23.2 Å². The molecule has 118 valence electrons. The average Bonchev–Trinajstić information content (AvgIpc) is 2.38. The van der Waals surface area contributed by atoms with Gasteiger partial charge in [-0.25, -0.2) is 18.1 Å². The molecule has 1 aliphatic rings. The number of sulfonamides is 1. The minimum atomic E-state index is -3.53. The van der Waals surface area contributed by atoms with E-state index in [4.69, 9.17) is 11.6 Å². The van der Waals surface area contributed by atoms with Gasteiger partial charge in [0.25, 0.3) is 0 Å². The van der Waals surface area contributed by atoms with Gasteiger partial charge in [0, 0.05) is 30.9 Å². The predicted octanol–water partition coefficient (Wildman–Crippen LogP) is 2.28. The zero-order valence-corrected chi connectivity index (χ0v) is 14.2. The maximum Gasteiger partial charge on any atom is 0.240 e. The molecule has 0 aliphatic carbocycles. The van der Waals surface area contributed by atoms with Gasteiger partial charge in [0.1, 0.15) is 5.15 Å². The molecule has 1 aliphatic heterocycles. The molecule has 5 nitrogen and oxygen atoms in total. The summed E-state index contributed by atoms with van der Waals surface area (Å²) in [5, 5.41) is 0.181. The molecule has 1 aromatic rings. The molecule has 0 unspecified atom stereocenters. The lowest BCUT2D eigenvalue weighted by atomic mass is 9.99. The molecular weight excluding hydrogens is 310 g/mol. The van der Waals surface area contributed by atoms with Crippen molar-refractivity contribution in [2.24, 2.45) is 0 Å². The third-order valence-electron chi connectivity index (χ3n) is 3.77. The van der Waals surface area contributed by atoms with E-state index >= 15 is 0 Å². The highest BCUT2D eigenvalue weighted by Crippen LogP contribution is 2.21. The van der Waals surface area contributed by atoms with Crippen LogP contribution in [0.1, 0.15) is 33.6 Å². The Morgan fingerprint density at radius 3 is 2.48 bits per heavy atom. The lowest BCUT2D eigenvalue weighted by Gasteiger charge is -2.40. The molecule has 1 aromatic heterocycles. The van der Waals surface area contributed by atoms with E-state index < -0.39 is 10.0 Å². The Bertz CT molecular complexity index is 590. The molecule has 1 fully saturated rings. The lowest BCUT2D eigenvalue weighted by molar-refractivity contribution is 0.100. The quantitative estimate of drug-likeness (QED) is 0.863. The van der Waals surface area contributed by atoms with E-state index in [-0.39, 0.29) is 21.6 Å². The van der Waals surface area contributed by atoms with Crippen LogP contribution in [0, 0.1) is 0 Å². The van der Waals surface area contributed by atoms with E-state index in [0.717, 1.165) is 25.9 Å². The van der Waals surface area contributed by atoms with Crippen LogP contribution >= 0.6 is 11.6 Å². The molecule has 1 N–H and O–H groups in total. The second-order valence-electron chi connectivity index (χ2n) is 6.37. The number of nitrogens with zero attached hydrogens (tertiary/aromatic N) is 2. The van der Waals surface area contributed by atoms with Crippen molar-refractivity contribution in [1.82, 2.24) is 14.6 Å². The van der Waals surface area contributed by atoms with Crippen molar-refractivity contribution < 1.29 is 8.42 Å². The fourth-order valence-corrected chi connectivity index (χ4v) is 4.06. The van der Waals surface area contributed by atoms with Crippen molar-refractivity contribution in [1.29, 1.82) is 0 Å². The second kappa shape index (κ2) is 6.20. The molecule has 2 heterocycles. The van der Waals surface area contributed by atoms with Gasteiger partial charge in [-0.2, -0.15) is 0 Å². The predicted molar refractivity (Wildman–Crippen MR) is 83.9 cm³/mol. The van der Waals surface area contributed by atoms with E-state index in [2.05, 4.69) is 35.4 Å². The molecule has 0 radical (unpaired) electrons. The first-order valence-corrected chi connectivity index (χ1v) is 8.93. The number of hydrogen-bond acceptors (Lipinski definition) is 4. The molecule has 0 bridgehead atoms. The third-order valence-corrected chi connectivity index (χ3v) is 5.50. The molecule has 0 saturated carbocycles. The van der Waals surface area contributed by atoms with Gasteiger partial charge in [0.2, 0.25) is 10.0 Å². The van der Waals surface area contributed by atoms with Gasteiger partial charge in [-0.05, 0) is 45.7 Å². The lowest BCUT2D eigenvalue weighted by Crippen LogP contribution is -2.50. The van der Waals surface area contributed by atoms with Crippen LogP contribution in [0.25, 0.3) is 0 Å². The summed E-state index contributed by atoms with van der Waals surface area (Å²) in [6.45, 7) is 8.32. The SMILES string of the molecule is CC(C)(C)N1CCC(NS(=O)(=O)c2ccnc(Cl)c2)CC1. The molecule has 7 heteroatoms. The Labute approximate surface area is 131 Å². The van der Waals surface area contributed by atoms with Crippen molar-refractivity contribution in [3.63, 3.8) is 0 Å². The highest BCUT2D eigenvalue weighted by Gasteiger charge is 2.29. The summed E-state index contributed by atoms with van der Waals surface area (Å²) in [6, 6.07) is 2.80. The standard InChI is InChI=1S/C14H22ClN3O2S/c1-14(2,3)18-8-5-11(6-9-18)17-21(19,20)12-4-7-16-13(15)10-12/h4,7,10-11,17H,5-6,8-9H2,1-3H3. The fraction of sp³-hybridized carbons (Fsp3) is 0.643. The number of nitrogens with one attached hydrogen (secondary N) is 1. The molecule has 0 amide bonds. The first-order chi connectivity index (χ1) is 9.68. The highest BCUT2D eigenvalue weighted by molar-refractivity contribution is 7.89. The molecule has 21 heavy (non-hydrogen) atoms. The van der Waals surface area contributed by atoms with Gasteiger partial charge in [0.05, 0.1) is 4.90 Å². The van der Waals surface area contributed by atoms with E-state index in [1.54, 1.807) is 0 Å². The Morgan fingerprint density at radius 1 is 1.33 bits per heavy atom. The van der Waals surface area contributed by atoms with Gasteiger partial charge in [-0.3, -0.25) is 4.90 Å². The third kappa shape index (κ3) is 4.39. The Morgan fingerprint density at radius 2 is 1.95 bits per heavy atom.